The standard InChI is InChI=1S/C23H21N7O3S3/c1-4-18-28-30-19(31)10-16(25-23(30)35-18)12-33-17-7-5-14(6-8-17)9-15(11-24)20(32)26-21-27-22(29-36-21)34-13(2)3/h5-10,13H,4,12H2,1-3H3,(H,26,27,29,32). The number of carbonyl (C=O) groups excluding carboxylic acids is 1. The molecule has 36 heavy (non-hydrogen) atoms. The van der Waals surface area contributed by atoms with Crippen LogP contribution < -0.4 is 15.6 Å². The molecule has 1 amide bonds. The van der Waals surface area contributed by atoms with Gasteiger partial charge in [0.1, 0.15) is 29.0 Å². The molecule has 0 fully saturated rings. The summed E-state index contributed by atoms with van der Waals surface area (Å²) in [4.78, 5) is 34.0. The van der Waals surface area contributed by atoms with Gasteiger partial charge in [-0.25, -0.2) is 4.98 Å². The van der Waals surface area contributed by atoms with Crippen molar-refractivity contribution >= 4 is 56.7 Å². The van der Waals surface area contributed by atoms with Crippen molar-refractivity contribution in [3.63, 3.8) is 0 Å². The summed E-state index contributed by atoms with van der Waals surface area (Å²) in [6.07, 6.45) is 2.21. The number of carbonyl (C=O) groups is 1. The Morgan fingerprint density at radius 3 is 2.78 bits per heavy atom. The minimum absolute atomic E-state index is 0.0640. The molecule has 13 heteroatoms. The monoisotopic (exact) mass is 539 g/mol. The van der Waals surface area contributed by atoms with Gasteiger partial charge < -0.3 is 4.74 Å². The SMILES string of the molecule is CCc1nn2c(=O)cc(COc3ccc(C=C(C#N)C(=O)Nc4nc(SC(C)C)ns4)cc3)nc2s1. The number of nitriles is 1. The molecule has 10 nitrogen and oxygen atoms in total. The molecular weight excluding hydrogens is 519 g/mol. The van der Waals surface area contributed by atoms with Gasteiger partial charge in [0, 0.05) is 22.8 Å². The van der Waals surface area contributed by atoms with Crippen molar-refractivity contribution in [2.24, 2.45) is 0 Å². The van der Waals surface area contributed by atoms with Crippen LogP contribution >= 0.6 is 34.6 Å². The van der Waals surface area contributed by atoms with Gasteiger partial charge in [-0.15, -0.1) is 0 Å². The van der Waals surface area contributed by atoms with Gasteiger partial charge in [-0.1, -0.05) is 56.0 Å². The Kier molecular flexibility index (Phi) is 8.09. The third-order valence-corrected chi connectivity index (χ3v) is 7.22. The number of fused-ring (bicyclic) bond motifs is 1. The summed E-state index contributed by atoms with van der Waals surface area (Å²) in [6.45, 7) is 6.14. The fourth-order valence-corrected chi connectivity index (χ4v) is 5.17. The van der Waals surface area contributed by atoms with Gasteiger partial charge in [0.2, 0.25) is 15.2 Å². The van der Waals surface area contributed by atoms with Crippen LogP contribution in [0, 0.1) is 11.3 Å². The van der Waals surface area contributed by atoms with Crippen LogP contribution in [0.4, 0.5) is 5.13 Å². The van der Waals surface area contributed by atoms with Crippen molar-refractivity contribution in [1.82, 2.24) is 24.0 Å². The van der Waals surface area contributed by atoms with Crippen molar-refractivity contribution in [1.29, 1.82) is 5.26 Å². The van der Waals surface area contributed by atoms with Crippen LogP contribution in [0.2, 0.25) is 0 Å². The number of anilines is 1. The zero-order valence-corrected chi connectivity index (χ0v) is 22.0. The van der Waals surface area contributed by atoms with Gasteiger partial charge in [0.05, 0.1) is 5.69 Å². The maximum absolute atomic E-state index is 12.5. The van der Waals surface area contributed by atoms with Crippen LogP contribution in [0.15, 0.2) is 45.9 Å². The summed E-state index contributed by atoms with van der Waals surface area (Å²) in [5.74, 6) is -0.00294. The molecule has 0 bridgehead atoms. The van der Waals surface area contributed by atoms with Crippen LogP contribution in [-0.4, -0.2) is 35.1 Å². The third-order valence-electron chi connectivity index (χ3n) is 4.55. The molecule has 184 valence electrons. The lowest BCUT2D eigenvalue weighted by Gasteiger charge is -2.06. The summed E-state index contributed by atoms with van der Waals surface area (Å²) < 4.78 is 11.3. The summed E-state index contributed by atoms with van der Waals surface area (Å²) in [6, 6.07) is 10.2. The number of aromatic nitrogens is 5. The van der Waals surface area contributed by atoms with Crippen LogP contribution in [0.1, 0.15) is 37.0 Å². The van der Waals surface area contributed by atoms with Gasteiger partial charge >= 0.3 is 0 Å². The highest BCUT2D eigenvalue weighted by Gasteiger charge is 2.14. The molecule has 0 aliphatic carbocycles. The fourth-order valence-electron chi connectivity index (χ4n) is 2.93. The topological polar surface area (TPSA) is 135 Å². The second-order valence-corrected chi connectivity index (χ2v) is 11.0. The van der Waals surface area contributed by atoms with E-state index in [1.54, 1.807) is 24.3 Å². The molecule has 0 radical (unpaired) electrons. The number of thioether (sulfide) groups is 1. The molecule has 4 rings (SSSR count). The van der Waals surface area contributed by atoms with Gasteiger partial charge in [0.15, 0.2) is 0 Å². The van der Waals surface area contributed by atoms with E-state index in [1.807, 2.05) is 26.8 Å². The van der Waals surface area contributed by atoms with E-state index in [0.29, 0.717) is 37.5 Å². The first-order chi connectivity index (χ1) is 17.3. The second kappa shape index (κ2) is 11.4. The van der Waals surface area contributed by atoms with E-state index in [2.05, 4.69) is 24.8 Å². The van der Waals surface area contributed by atoms with Crippen molar-refractivity contribution in [2.45, 2.75) is 44.2 Å². The predicted octanol–water partition coefficient (Wildman–Crippen LogP) is 4.19. The first-order valence-electron chi connectivity index (χ1n) is 10.9. The second-order valence-electron chi connectivity index (χ2n) is 7.66. The first-order valence-corrected chi connectivity index (χ1v) is 13.4. The molecule has 1 N–H and O–H groups in total. The molecule has 0 unspecified atom stereocenters. The molecule has 0 aliphatic heterocycles. The molecule has 0 saturated carbocycles. The number of rotatable bonds is 9. The summed E-state index contributed by atoms with van der Waals surface area (Å²) in [5.41, 5.74) is 0.842. The smallest absolute Gasteiger partial charge is 0.275 e. The lowest BCUT2D eigenvalue weighted by molar-refractivity contribution is -0.112. The fraction of sp³-hybridized carbons (Fsp3) is 0.261. The van der Waals surface area contributed by atoms with Crippen molar-refractivity contribution in [3.8, 4) is 11.8 Å². The maximum atomic E-state index is 12.5. The Hall–Kier alpha value is -3.60. The molecule has 3 aromatic heterocycles. The van der Waals surface area contributed by atoms with Gasteiger partial charge in [-0.3, -0.25) is 14.9 Å². The largest absolute Gasteiger partial charge is 0.487 e. The predicted molar refractivity (Wildman–Crippen MR) is 140 cm³/mol. The molecule has 0 spiro atoms. The van der Waals surface area contributed by atoms with E-state index >= 15 is 0 Å². The highest BCUT2D eigenvalue weighted by molar-refractivity contribution is 7.99. The van der Waals surface area contributed by atoms with Crippen molar-refractivity contribution in [3.05, 3.63) is 62.5 Å². The van der Waals surface area contributed by atoms with Crippen molar-refractivity contribution in [2.75, 3.05) is 5.32 Å². The number of ether oxygens (including phenoxy) is 1. The third kappa shape index (κ3) is 6.34. The normalized spacial score (nSPS) is 11.6. The van der Waals surface area contributed by atoms with E-state index in [0.717, 1.165) is 23.0 Å². The average molecular weight is 540 g/mol. The molecule has 1 aromatic carbocycles. The van der Waals surface area contributed by atoms with Crippen LogP contribution in [-0.2, 0) is 17.8 Å². The Morgan fingerprint density at radius 1 is 1.31 bits per heavy atom. The minimum atomic E-state index is -0.558. The van der Waals surface area contributed by atoms with E-state index in [9.17, 15) is 14.9 Å². The van der Waals surface area contributed by atoms with E-state index in [4.69, 9.17) is 4.74 Å². The molecule has 4 aromatic rings. The van der Waals surface area contributed by atoms with Crippen LogP contribution in [0.5, 0.6) is 5.75 Å². The zero-order valence-electron chi connectivity index (χ0n) is 19.6. The van der Waals surface area contributed by atoms with E-state index in [-0.39, 0.29) is 17.7 Å². The summed E-state index contributed by atoms with van der Waals surface area (Å²) in [7, 11) is 0. The maximum Gasteiger partial charge on any atom is 0.275 e. The van der Waals surface area contributed by atoms with E-state index < -0.39 is 5.91 Å². The van der Waals surface area contributed by atoms with Crippen molar-refractivity contribution < 1.29 is 9.53 Å². The Balaban J connectivity index is 1.39. The van der Waals surface area contributed by atoms with Gasteiger partial charge in [0.25, 0.3) is 11.5 Å². The molecule has 3 heterocycles. The molecule has 0 aliphatic rings. The lowest BCUT2D eigenvalue weighted by atomic mass is 10.1. The minimum Gasteiger partial charge on any atom is -0.487 e. The van der Waals surface area contributed by atoms with Crippen LogP contribution in [0.25, 0.3) is 11.0 Å². The Morgan fingerprint density at radius 2 is 2.08 bits per heavy atom. The van der Waals surface area contributed by atoms with Gasteiger partial charge in [-0.2, -0.15) is 24.2 Å². The number of aryl methyl sites for hydroxylation is 1. The average Bonchev–Trinajstić information content (AvgIpc) is 3.48. The highest BCUT2D eigenvalue weighted by atomic mass is 32.2. The van der Waals surface area contributed by atoms with E-state index in [1.165, 1.54) is 39.8 Å². The number of benzene rings is 1. The summed E-state index contributed by atoms with van der Waals surface area (Å²) >= 11 is 3.93. The quantitative estimate of drug-likeness (QED) is 0.189. The molecule has 0 saturated heterocycles. The number of nitrogens with one attached hydrogen (secondary N) is 1. The number of amides is 1. The Bertz CT molecular complexity index is 1510. The zero-order chi connectivity index (χ0) is 25.7. The van der Waals surface area contributed by atoms with Gasteiger partial charge in [-0.05, 0) is 30.2 Å². The number of hydrogen-bond acceptors (Lipinski definition) is 11. The summed E-state index contributed by atoms with van der Waals surface area (Å²) in [5, 5.41) is 18.4. The first kappa shape index (κ1) is 25.5. The number of nitrogens with zero attached hydrogens (tertiary/aromatic N) is 6. The highest BCUT2D eigenvalue weighted by Crippen LogP contribution is 2.24. The van der Waals surface area contributed by atoms with Crippen LogP contribution in [0.3, 0.4) is 0 Å². The Labute approximate surface area is 218 Å². The molecular formula is C23H21N7O3S3. The lowest BCUT2D eigenvalue weighted by Crippen LogP contribution is -2.16. The number of hydrogen-bond donors (Lipinski definition) is 1. The molecule has 0 atom stereocenters.